The van der Waals surface area contributed by atoms with Gasteiger partial charge in [-0.3, -0.25) is 9.59 Å². The lowest BCUT2D eigenvalue weighted by Gasteiger charge is -2.27. The van der Waals surface area contributed by atoms with E-state index in [9.17, 15) is 9.59 Å². The Hall–Kier alpha value is -2.88. The first kappa shape index (κ1) is 16.6. The first-order valence-electron chi connectivity index (χ1n) is 8.59. The second-order valence-corrected chi connectivity index (χ2v) is 6.93. The largest absolute Gasteiger partial charge is 0.501 e. The summed E-state index contributed by atoms with van der Waals surface area (Å²) < 4.78 is 10.5. The van der Waals surface area contributed by atoms with Gasteiger partial charge in [0.2, 0.25) is 0 Å². The van der Waals surface area contributed by atoms with Gasteiger partial charge in [0.05, 0.1) is 14.2 Å². The van der Waals surface area contributed by atoms with E-state index in [0.29, 0.717) is 17.8 Å². The minimum atomic E-state index is -1.31. The number of hydrogen-bond donors (Lipinski definition) is 0. The van der Waals surface area contributed by atoms with Crippen LogP contribution in [0.4, 0.5) is 0 Å². The van der Waals surface area contributed by atoms with Crippen LogP contribution >= 0.6 is 0 Å². The van der Waals surface area contributed by atoms with Crippen LogP contribution in [0, 0.1) is 11.3 Å². The summed E-state index contributed by atoms with van der Waals surface area (Å²) in [5.41, 5.74) is 0.317. The fourth-order valence-electron chi connectivity index (χ4n) is 4.50. The fraction of sp³-hybridized carbons (Fsp3) is 0.273. The third kappa shape index (κ3) is 2.08. The molecule has 4 nitrogen and oxygen atoms in total. The second-order valence-electron chi connectivity index (χ2n) is 6.93. The van der Waals surface area contributed by atoms with E-state index in [4.69, 9.17) is 9.47 Å². The van der Waals surface area contributed by atoms with E-state index < -0.39 is 11.4 Å². The van der Waals surface area contributed by atoms with Gasteiger partial charge in [0.15, 0.2) is 11.2 Å². The van der Waals surface area contributed by atoms with E-state index in [0.717, 1.165) is 16.3 Å². The summed E-state index contributed by atoms with van der Waals surface area (Å²) in [5, 5.41) is 2.25. The summed E-state index contributed by atoms with van der Waals surface area (Å²) in [4.78, 5) is 25.4. The highest BCUT2D eigenvalue weighted by Gasteiger charge is 2.62. The molecule has 1 fully saturated rings. The fourth-order valence-corrected chi connectivity index (χ4v) is 4.50. The molecule has 0 saturated heterocycles. The first-order valence-corrected chi connectivity index (χ1v) is 8.59. The molecule has 2 bridgehead atoms. The third-order valence-electron chi connectivity index (χ3n) is 5.81. The molecule has 2 aromatic carbocycles. The number of carbonyl (C=O) groups is 2. The van der Waals surface area contributed by atoms with Crippen molar-refractivity contribution >= 4 is 22.5 Å². The van der Waals surface area contributed by atoms with Crippen molar-refractivity contribution in [2.24, 2.45) is 11.3 Å². The van der Waals surface area contributed by atoms with Crippen LogP contribution in [0.15, 0.2) is 66.5 Å². The number of allylic oxidation sites excluding steroid dienone is 2. The minimum Gasteiger partial charge on any atom is -0.501 e. The van der Waals surface area contributed by atoms with Gasteiger partial charge in [-0.2, -0.15) is 0 Å². The zero-order valence-electron chi connectivity index (χ0n) is 14.8. The number of ether oxygens (including phenoxy) is 2. The van der Waals surface area contributed by atoms with Crippen molar-refractivity contribution in [3.63, 3.8) is 0 Å². The number of benzene rings is 2. The van der Waals surface area contributed by atoms with Crippen molar-refractivity contribution in [2.75, 3.05) is 14.2 Å². The Morgan fingerprint density at radius 3 is 2.58 bits per heavy atom. The molecule has 0 aromatic heterocycles. The van der Waals surface area contributed by atoms with Gasteiger partial charge in [-0.1, -0.05) is 49.0 Å². The molecule has 1 unspecified atom stereocenters. The van der Waals surface area contributed by atoms with Crippen molar-refractivity contribution in [1.29, 1.82) is 0 Å². The molecule has 132 valence electrons. The minimum absolute atomic E-state index is 0.106. The number of hydrogen-bond acceptors (Lipinski definition) is 4. The quantitative estimate of drug-likeness (QED) is 0.481. The van der Waals surface area contributed by atoms with Gasteiger partial charge >= 0.3 is 5.97 Å². The van der Waals surface area contributed by atoms with Gasteiger partial charge in [0.1, 0.15) is 5.76 Å². The Kier molecular flexibility index (Phi) is 3.72. The van der Waals surface area contributed by atoms with E-state index in [2.05, 4.69) is 30.8 Å². The van der Waals surface area contributed by atoms with Crippen LogP contribution in [0.3, 0.4) is 0 Å². The van der Waals surface area contributed by atoms with Crippen molar-refractivity contribution in [1.82, 2.24) is 0 Å². The van der Waals surface area contributed by atoms with E-state index >= 15 is 0 Å². The van der Waals surface area contributed by atoms with Crippen LogP contribution in [0.5, 0.6) is 0 Å². The topological polar surface area (TPSA) is 52.6 Å². The summed E-state index contributed by atoms with van der Waals surface area (Å²) in [6, 6.07) is 14.3. The third-order valence-corrected chi connectivity index (χ3v) is 5.81. The summed E-state index contributed by atoms with van der Waals surface area (Å²) >= 11 is 0. The van der Waals surface area contributed by atoms with Gasteiger partial charge in [0.25, 0.3) is 0 Å². The molecule has 2 aromatic rings. The van der Waals surface area contributed by atoms with Gasteiger partial charge in [0, 0.05) is 17.9 Å². The molecular weight excluding hydrogens is 328 g/mol. The highest BCUT2D eigenvalue weighted by molar-refractivity contribution is 6.14. The number of methoxy groups -OCH3 is 2. The molecule has 2 aliphatic carbocycles. The number of fused-ring (bicyclic) bond motifs is 3. The average Bonchev–Trinajstić information content (AvgIpc) is 2.94. The molecule has 4 heteroatoms. The Labute approximate surface area is 152 Å². The smallest absolute Gasteiger partial charge is 0.323 e. The van der Waals surface area contributed by atoms with Crippen LogP contribution in [-0.4, -0.2) is 26.0 Å². The van der Waals surface area contributed by atoms with Crippen LogP contribution in [0.25, 0.3) is 10.8 Å². The summed E-state index contributed by atoms with van der Waals surface area (Å²) in [5.74, 6) is -0.508. The molecule has 4 rings (SSSR count). The monoisotopic (exact) mass is 348 g/mol. The highest BCUT2D eigenvalue weighted by atomic mass is 16.5. The van der Waals surface area contributed by atoms with E-state index in [1.54, 1.807) is 7.11 Å². The van der Waals surface area contributed by atoms with Gasteiger partial charge in [-0.15, -0.1) is 0 Å². The molecule has 3 atom stereocenters. The Morgan fingerprint density at radius 1 is 1.15 bits per heavy atom. The standard InChI is InChI=1S/C22H20O4/c1-13-20(16-9-8-14-6-4-5-7-15(14)10-16)17-12-22(13,21(24)26-3)19(23)11-18(17)25-2/h4-11,17,20H,1,12H2,2-3H3/t17-,20?,22-/m1/s1. The second kappa shape index (κ2) is 5.84. The van der Waals surface area contributed by atoms with E-state index in [-0.39, 0.29) is 17.6 Å². The Bertz CT molecular complexity index is 971. The van der Waals surface area contributed by atoms with Gasteiger partial charge in [-0.25, -0.2) is 0 Å². The van der Waals surface area contributed by atoms with Crippen molar-refractivity contribution in [2.45, 2.75) is 12.3 Å². The molecule has 0 radical (unpaired) electrons. The molecular formula is C22H20O4. The summed E-state index contributed by atoms with van der Waals surface area (Å²) in [6.07, 6.45) is 1.78. The highest BCUT2D eigenvalue weighted by Crippen LogP contribution is 2.59. The maximum atomic E-state index is 12.8. The Balaban J connectivity index is 1.88. The number of ketones is 1. The van der Waals surface area contributed by atoms with E-state index in [1.165, 1.54) is 13.2 Å². The molecule has 26 heavy (non-hydrogen) atoms. The zero-order chi connectivity index (χ0) is 18.5. The normalized spacial score (nSPS) is 27.4. The number of rotatable bonds is 3. The van der Waals surface area contributed by atoms with Gasteiger partial charge < -0.3 is 9.47 Å². The Morgan fingerprint density at radius 2 is 1.88 bits per heavy atom. The van der Waals surface area contributed by atoms with Crippen LogP contribution < -0.4 is 0 Å². The molecule has 0 spiro atoms. The van der Waals surface area contributed by atoms with Crippen LogP contribution in [0.2, 0.25) is 0 Å². The number of esters is 1. The summed E-state index contributed by atoms with van der Waals surface area (Å²) in [6.45, 7) is 4.18. The van der Waals surface area contributed by atoms with Crippen molar-refractivity contribution < 1.29 is 19.1 Å². The predicted octanol–water partition coefficient (Wildman–Crippen LogP) is 3.77. The van der Waals surface area contributed by atoms with Crippen LogP contribution in [-0.2, 0) is 19.1 Å². The molecule has 0 amide bonds. The average molecular weight is 348 g/mol. The number of carbonyl (C=O) groups excluding carboxylic acids is 2. The van der Waals surface area contributed by atoms with E-state index in [1.807, 2.05) is 18.2 Å². The molecule has 2 aliphatic rings. The SMILES string of the molecule is C=C1C(c2ccc3ccccc3c2)[C@@H]2C[C@]1(C(=O)OC)C(=O)C=C2OC. The lowest BCUT2D eigenvalue weighted by Crippen LogP contribution is -2.40. The zero-order valence-corrected chi connectivity index (χ0v) is 14.8. The maximum absolute atomic E-state index is 12.8. The van der Waals surface area contributed by atoms with Gasteiger partial charge in [-0.05, 0) is 28.3 Å². The predicted molar refractivity (Wildman–Crippen MR) is 98.5 cm³/mol. The molecule has 0 aliphatic heterocycles. The molecule has 1 saturated carbocycles. The summed E-state index contributed by atoms with van der Waals surface area (Å²) in [7, 11) is 2.87. The lowest BCUT2D eigenvalue weighted by molar-refractivity contribution is -0.154. The van der Waals surface area contributed by atoms with Crippen molar-refractivity contribution in [3.8, 4) is 0 Å². The molecule has 0 N–H and O–H groups in total. The first-order chi connectivity index (χ1) is 12.5. The molecule has 0 heterocycles. The lowest BCUT2D eigenvalue weighted by atomic mass is 9.75. The van der Waals surface area contributed by atoms with Crippen molar-refractivity contribution in [3.05, 3.63) is 72.0 Å². The maximum Gasteiger partial charge on any atom is 0.323 e. The van der Waals surface area contributed by atoms with Crippen LogP contribution in [0.1, 0.15) is 17.9 Å².